The molecule has 4 heteroatoms. The lowest BCUT2D eigenvalue weighted by Gasteiger charge is -2.39. The Kier molecular flexibility index (Phi) is 5.44. The van der Waals surface area contributed by atoms with E-state index in [2.05, 4.69) is 18.2 Å². The normalized spacial score (nSPS) is 29.1. The van der Waals surface area contributed by atoms with E-state index in [0.717, 1.165) is 31.6 Å². The summed E-state index contributed by atoms with van der Waals surface area (Å²) in [5.74, 6) is 1.14. The predicted octanol–water partition coefficient (Wildman–Crippen LogP) is 4.28. The number of thioether (sulfide) groups is 1. The second-order valence-corrected chi connectivity index (χ2v) is 7.41. The number of ether oxygens (including phenoxy) is 2. The summed E-state index contributed by atoms with van der Waals surface area (Å²) >= 11 is 1.89. The molecule has 1 aromatic rings. The molecule has 0 radical (unpaired) electrons. The van der Waals surface area contributed by atoms with Crippen molar-refractivity contribution in [2.45, 2.75) is 37.5 Å². The standard InChI is InChI=1S/C19H24O3S/c1-2-21-18(20)14-16-9-6-10-19(22-11-12-23-19)17(16)13-15-7-4-3-5-8-15/h3-5,7-8,13,16H,2,6,9-12,14H2,1H3/b17-13+/t16-,19-/m1/s1. The summed E-state index contributed by atoms with van der Waals surface area (Å²) in [7, 11) is 0. The minimum absolute atomic E-state index is 0.100. The molecule has 1 heterocycles. The fourth-order valence-corrected chi connectivity index (χ4v) is 4.89. The van der Waals surface area contributed by atoms with Crippen LogP contribution in [0, 0.1) is 5.92 Å². The average Bonchev–Trinajstić information content (AvgIpc) is 3.01. The summed E-state index contributed by atoms with van der Waals surface area (Å²) in [6.45, 7) is 3.10. The maximum Gasteiger partial charge on any atom is 0.306 e. The van der Waals surface area contributed by atoms with Gasteiger partial charge in [-0.2, -0.15) is 0 Å². The molecule has 1 aromatic carbocycles. The largest absolute Gasteiger partial charge is 0.466 e. The summed E-state index contributed by atoms with van der Waals surface area (Å²) in [6, 6.07) is 10.3. The monoisotopic (exact) mass is 332 g/mol. The maximum absolute atomic E-state index is 12.0. The number of hydrogen-bond acceptors (Lipinski definition) is 4. The van der Waals surface area contributed by atoms with Crippen molar-refractivity contribution in [1.29, 1.82) is 0 Å². The molecule has 0 aromatic heterocycles. The molecule has 0 bridgehead atoms. The van der Waals surface area contributed by atoms with E-state index in [1.807, 2.05) is 36.9 Å². The van der Waals surface area contributed by atoms with E-state index >= 15 is 0 Å². The molecular formula is C19H24O3S. The SMILES string of the molecule is CCOC(=O)C[C@H]1CCC[C@]2(OCCS2)/C1=C/c1ccccc1. The van der Waals surface area contributed by atoms with Gasteiger partial charge in [0.05, 0.1) is 19.6 Å². The van der Waals surface area contributed by atoms with Gasteiger partial charge in [-0.3, -0.25) is 4.79 Å². The zero-order valence-corrected chi connectivity index (χ0v) is 14.4. The van der Waals surface area contributed by atoms with E-state index < -0.39 is 0 Å². The lowest BCUT2D eigenvalue weighted by atomic mass is 9.79. The van der Waals surface area contributed by atoms with E-state index in [1.165, 1.54) is 11.1 Å². The average molecular weight is 332 g/mol. The molecule has 2 atom stereocenters. The van der Waals surface area contributed by atoms with Crippen LogP contribution in [0.2, 0.25) is 0 Å². The van der Waals surface area contributed by atoms with Crippen molar-refractivity contribution < 1.29 is 14.3 Å². The van der Waals surface area contributed by atoms with Crippen LogP contribution in [0.25, 0.3) is 6.08 Å². The van der Waals surface area contributed by atoms with Gasteiger partial charge in [-0.05, 0) is 43.2 Å². The zero-order chi connectivity index (χ0) is 16.1. The molecule has 1 saturated heterocycles. The summed E-state index contributed by atoms with van der Waals surface area (Å²) in [5.41, 5.74) is 2.44. The zero-order valence-electron chi connectivity index (χ0n) is 13.6. The summed E-state index contributed by atoms with van der Waals surface area (Å²) in [6.07, 6.45) is 5.86. The highest BCUT2D eigenvalue weighted by Gasteiger charge is 2.45. The molecule has 1 spiro atoms. The number of rotatable bonds is 4. The van der Waals surface area contributed by atoms with Gasteiger partial charge < -0.3 is 9.47 Å². The quantitative estimate of drug-likeness (QED) is 0.771. The number of carbonyl (C=O) groups excluding carboxylic acids is 1. The van der Waals surface area contributed by atoms with Crippen LogP contribution in [-0.4, -0.2) is 29.9 Å². The van der Waals surface area contributed by atoms with Crippen molar-refractivity contribution >= 4 is 23.8 Å². The number of esters is 1. The van der Waals surface area contributed by atoms with Crippen LogP contribution in [0.4, 0.5) is 0 Å². The molecule has 3 nitrogen and oxygen atoms in total. The first-order valence-corrected chi connectivity index (χ1v) is 9.43. The molecule has 23 heavy (non-hydrogen) atoms. The van der Waals surface area contributed by atoms with Crippen molar-refractivity contribution in [3.63, 3.8) is 0 Å². The van der Waals surface area contributed by atoms with Gasteiger partial charge in [0.2, 0.25) is 0 Å². The third kappa shape index (κ3) is 3.81. The predicted molar refractivity (Wildman–Crippen MR) is 94.2 cm³/mol. The van der Waals surface area contributed by atoms with Gasteiger partial charge in [-0.15, -0.1) is 11.8 Å². The van der Waals surface area contributed by atoms with Crippen LogP contribution >= 0.6 is 11.8 Å². The van der Waals surface area contributed by atoms with E-state index in [9.17, 15) is 4.79 Å². The lowest BCUT2D eigenvalue weighted by Crippen LogP contribution is -2.36. The molecule has 3 rings (SSSR count). The Hall–Kier alpha value is -1.26. The fraction of sp³-hybridized carbons (Fsp3) is 0.526. The first-order valence-electron chi connectivity index (χ1n) is 8.44. The topological polar surface area (TPSA) is 35.5 Å². The lowest BCUT2D eigenvalue weighted by molar-refractivity contribution is -0.144. The Bertz CT molecular complexity index is 561. The first-order chi connectivity index (χ1) is 11.2. The Morgan fingerprint density at radius 2 is 2.26 bits per heavy atom. The Labute approximate surface area is 142 Å². The van der Waals surface area contributed by atoms with Crippen LogP contribution < -0.4 is 0 Å². The number of benzene rings is 1. The van der Waals surface area contributed by atoms with Gasteiger partial charge in [0.1, 0.15) is 4.93 Å². The van der Waals surface area contributed by atoms with Gasteiger partial charge in [0, 0.05) is 5.75 Å². The minimum Gasteiger partial charge on any atom is -0.466 e. The highest BCUT2D eigenvalue weighted by Crippen LogP contribution is 2.51. The van der Waals surface area contributed by atoms with Crippen molar-refractivity contribution in [3.8, 4) is 0 Å². The Morgan fingerprint density at radius 1 is 1.43 bits per heavy atom. The Morgan fingerprint density at radius 3 is 2.96 bits per heavy atom. The van der Waals surface area contributed by atoms with Crippen molar-refractivity contribution in [2.24, 2.45) is 5.92 Å². The number of carbonyl (C=O) groups is 1. The first kappa shape index (κ1) is 16.6. The van der Waals surface area contributed by atoms with Gasteiger partial charge in [-0.1, -0.05) is 36.4 Å². The van der Waals surface area contributed by atoms with Crippen LogP contribution in [0.15, 0.2) is 35.9 Å². The molecule has 2 fully saturated rings. The Balaban J connectivity index is 1.90. The highest BCUT2D eigenvalue weighted by atomic mass is 32.2. The van der Waals surface area contributed by atoms with Gasteiger partial charge in [0.15, 0.2) is 0 Å². The molecule has 124 valence electrons. The molecule has 1 saturated carbocycles. The summed E-state index contributed by atoms with van der Waals surface area (Å²) in [5, 5.41) is 0. The highest BCUT2D eigenvalue weighted by molar-refractivity contribution is 8.00. The molecular weight excluding hydrogens is 308 g/mol. The van der Waals surface area contributed by atoms with Gasteiger partial charge in [-0.25, -0.2) is 0 Å². The van der Waals surface area contributed by atoms with E-state index in [4.69, 9.17) is 9.47 Å². The third-order valence-electron chi connectivity index (χ3n) is 4.53. The van der Waals surface area contributed by atoms with Crippen molar-refractivity contribution in [2.75, 3.05) is 19.0 Å². The van der Waals surface area contributed by atoms with Gasteiger partial charge >= 0.3 is 5.97 Å². The van der Waals surface area contributed by atoms with Crippen molar-refractivity contribution in [1.82, 2.24) is 0 Å². The second-order valence-electron chi connectivity index (χ2n) is 6.06. The third-order valence-corrected chi connectivity index (χ3v) is 5.93. The van der Waals surface area contributed by atoms with E-state index in [-0.39, 0.29) is 16.8 Å². The van der Waals surface area contributed by atoms with Crippen molar-refractivity contribution in [3.05, 3.63) is 41.5 Å². The van der Waals surface area contributed by atoms with Gasteiger partial charge in [0.25, 0.3) is 0 Å². The van der Waals surface area contributed by atoms with Crippen LogP contribution in [-0.2, 0) is 14.3 Å². The summed E-state index contributed by atoms with van der Waals surface area (Å²) in [4.78, 5) is 11.8. The summed E-state index contributed by atoms with van der Waals surface area (Å²) < 4.78 is 11.4. The van der Waals surface area contributed by atoms with E-state index in [1.54, 1.807) is 0 Å². The fourth-order valence-electron chi connectivity index (χ4n) is 3.55. The molecule has 0 unspecified atom stereocenters. The van der Waals surface area contributed by atoms with Crippen LogP contribution in [0.5, 0.6) is 0 Å². The molecule has 0 amide bonds. The molecule has 1 aliphatic carbocycles. The van der Waals surface area contributed by atoms with E-state index in [0.29, 0.717) is 13.0 Å². The smallest absolute Gasteiger partial charge is 0.306 e. The molecule has 1 aliphatic heterocycles. The molecule has 2 aliphatic rings. The minimum atomic E-state index is -0.231. The maximum atomic E-state index is 12.0. The second kappa shape index (κ2) is 7.54. The van der Waals surface area contributed by atoms with Crippen LogP contribution in [0.1, 0.15) is 38.2 Å². The van der Waals surface area contributed by atoms with Crippen LogP contribution in [0.3, 0.4) is 0 Å². The number of hydrogen-bond donors (Lipinski definition) is 0. The molecule has 0 N–H and O–H groups in total.